The normalized spacial score (nSPS) is 13.2. The number of anilines is 2. The minimum atomic E-state index is -0.660. The molecule has 0 radical (unpaired) electrons. The molecule has 11 nitrogen and oxygen atoms in total. The maximum atomic E-state index is 13.3. The molecule has 3 aromatic rings. The van der Waals surface area contributed by atoms with Gasteiger partial charge in [0.2, 0.25) is 5.91 Å². The van der Waals surface area contributed by atoms with Gasteiger partial charge in [-0.2, -0.15) is 0 Å². The number of nitrogens with two attached hydrogens (primary N) is 1. The molecule has 4 amide bonds. The molecule has 0 aromatic heterocycles. The Bertz CT molecular complexity index is 1550. The second-order valence-corrected chi connectivity index (χ2v) is 11.5. The molecular formula is C35H43N5O6. The molecule has 1 fully saturated rings. The van der Waals surface area contributed by atoms with Crippen molar-refractivity contribution in [1.82, 2.24) is 9.80 Å². The van der Waals surface area contributed by atoms with Crippen LogP contribution in [0.2, 0.25) is 0 Å². The highest BCUT2D eigenvalue weighted by Gasteiger charge is 2.20. The van der Waals surface area contributed by atoms with E-state index in [4.69, 9.17) is 15.2 Å². The van der Waals surface area contributed by atoms with Crippen molar-refractivity contribution in [2.45, 2.75) is 39.2 Å². The lowest BCUT2D eigenvalue weighted by atomic mass is 10.0. The van der Waals surface area contributed by atoms with Crippen LogP contribution in [0, 0.1) is 6.92 Å². The van der Waals surface area contributed by atoms with E-state index < -0.39 is 11.8 Å². The molecule has 1 heterocycles. The van der Waals surface area contributed by atoms with Crippen LogP contribution in [-0.2, 0) is 16.1 Å². The number of benzene rings is 3. The lowest BCUT2D eigenvalue weighted by Crippen LogP contribution is -2.47. The Kier molecular flexibility index (Phi) is 12.3. The summed E-state index contributed by atoms with van der Waals surface area (Å²) in [5.74, 6) is -0.727. The number of unbranched alkanes of at least 4 members (excludes halogenated alkanes) is 2. The second-order valence-electron chi connectivity index (χ2n) is 11.5. The van der Waals surface area contributed by atoms with E-state index in [9.17, 15) is 19.2 Å². The van der Waals surface area contributed by atoms with Crippen LogP contribution in [0.1, 0.15) is 67.9 Å². The number of carbonyl (C=O) groups is 4. The van der Waals surface area contributed by atoms with Crippen molar-refractivity contribution >= 4 is 35.0 Å². The lowest BCUT2D eigenvalue weighted by molar-refractivity contribution is -0.132. The number of methoxy groups -OCH3 is 1. The van der Waals surface area contributed by atoms with Crippen LogP contribution in [0.25, 0.3) is 0 Å². The van der Waals surface area contributed by atoms with E-state index in [0.29, 0.717) is 41.2 Å². The van der Waals surface area contributed by atoms with Crippen LogP contribution < -0.4 is 21.1 Å². The second kappa shape index (κ2) is 16.5. The lowest BCUT2D eigenvalue weighted by Gasteiger charge is -2.32. The van der Waals surface area contributed by atoms with Gasteiger partial charge in [-0.1, -0.05) is 18.2 Å². The number of ether oxygens (including phenoxy) is 2. The monoisotopic (exact) mass is 629 g/mol. The Hall–Kier alpha value is -4.74. The summed E-state index contributed by atoms with van der Waals surface area (Å²) in [5.41, 5.74) is 8.56. The fraction of sp³-hybridized carbons (Fsp3) is 0.371. The van der Waals surface area contributed by atoms with Crippen molar-refractivity contribution in [3.05, 3.63) is 88.5 Å². The first-order chi connectivity index (χ1) is 22.2. The standard InChI is InChI=1S/C35H43N5O6/c1-24-12-15-30(31(21-24)46-20-8-4-5-11-32(41)40-18-16-39(2)17-19-40)38-34(43)25-13-14-27(26(22-25)23-45-3)35(44)37-29-10-7-6-9-28(29)33(36)42/h6-7,9-10,12-15,21-22H,4-5,8,11,16-20,23H2,1-3H3,(H2,36,42)(H,37,44)(H,38,43). The molecule has 4 rings (SSSR count). The maximum absolute atomic E-state index is 13.3. The third-order valence-electron chi connectivity index (χ3n) is 7.89. The van der Waals surface area contributed by atoms with Gasteiger partial charge in [0.25, 0.3) is 17.7 Å². The van der Waals surface area contributed by atoms with Crippen LogP contribution in [0.5, 0.6) is 5.75 Å². The smallest absolute Gasteiger partial charge is 0.256 e. The molecule has 3 aromatic carbocycles. The number of aryl methyl sites for hydroxylation is 1. The highest BCUT2D eigenvalue weighted by Crippen LogP contribution is 2.27. The summed E-state index contributed by atoms with van der Waals surface area (Å²) in [6, 6.07) is 16.7. The number of carbonyl (C=O) groups excluding carboxylic acids is 4. The molecule has 0 bridgehead atoms. The molecule has 11 heteroatoms. The number of piperazine rings is 1. The highest BCUT2D eigenvalue weighted by molar-refractivity contribution is 6.10. The molecule has 0 unspecified atom stereocenters. The van der Waals surface area contributed by atoms with Crippen molar-refractivity contribution < 1.29 is 28.7 Å². The third kappa shape index (κ3) is 9.38. The predicted octanol–water partition coefficient (Wildman–Crippen LogP) is 4.46. The van der Waals surface area contributed by atoms with Crippen LogP contribution in [0.3, 0.4) is 0 Å². The Labute approximate surface area is 270 Å². The van der Waals surface area contributed by atoms with E-state index in [1.165, 1.54) is 13.2 Å². The van der Waals surface area contributed by atoms with Gasteiger partial charge in [0.05, 0.1) is 30.2 Å². The number of primary amides is 1. The minimum absolute atomic E-state index is 0.0845. The Morgan fingerprint density at radius 1 is 0.826 bits per heavy atom. The average molecular weight is 630 g/mol. The van der Waals surface area contributed by atoms with Gasteiger partial charge < -0.3 is 35.6 Å². The summed E-state index contributed by atoms with van der Waals surface area (Å²) in [6.07, 6.45) is 3.00. The summed E-state index contributed by atoms with van der Waals surface area (Å²) >= 11 is 0. The van der Waals surface area contributed by atoms with E-state index >= 15 is 0 Å². The van der Waals surface area contributed by atoms with E-state index in [0.717, 1.165) is 51.0 Å². The Balaban J connectivity index is 1.35. The zero-order chi connectivity index (χ0) is 33.1. The number of nitrogens with one attached hydrogen (secondary N) is 2. The molecule has 46 heavy (non-hydrogen) atoms. The molecule has 1 aliphatic heterocycles. The van der Waals surface area contributed by atoms with E-state index in [2.05, 4.69) is 22.6 Å². The Morgan fingerprint density at radius 3 is 2.30 bits per heavy atom. The van der Waals surface area contributed by atoms with Crippen molar-refractivity contribution in [1.29, 1.82) is 0 Å². The largest absolute Gasteiger partial charge is 0.491 e. The van der Waals surface area contributed by atoms with Crippen molar-refractivity contribution in [3.8, 4) is 5.75 Å². The quantitative estimate of drug-likeness (QED) is 0.224. The van der Waals surface area contributed by atoms with Gasteiger partial charge in [-0.05, 0) is 86.8 Å². The number of para-hydroxylation sites is 1. The van der Waals surface area contributed by atoms with E-state index in [-0.39, 0.29) is 29.7 Å². The molecular weight excluding hydrogens is 586 g/mol. The zero-order valence-electron chi connectivity index (χ0n) is 26.8. The van der Waals surface area contributed by atoms with Gasteiger partial charge in [0.15, 0.2) is 0 Å². The van der Waals surface area contributed by atoms with Gasteiger partial charge in [0, 0.05) is 50.8 Å². The molecule has 4 N–H and O–H groups in total. The summed E-state index contributed by atoms with van der Waals surface area (Å²) in [5, 5.41) is 5.66. The van der Waals surface area contributed by atoms with Crippen molar-refractivity contribution in [3.63, 3.8) is 0 Å². The van der Waals surface area contributed by atoms with Crippen LogP contribution >= 0.6 is 0 Å². The maximum Gasteiger partial charge on any atom is 0.256 e. The zero-order valence-corrected chi connectivity index (χ0v) is 26.8. The van der Waals surface area contributed by atoms with Crippen molar-refractivity contribution in [2.75, 3.05) is 57.6 Å². The number of hydrogen-bond acceptors (Lipinski definition) is 7. The first-order valence-electron chi connectivity index (χ1n) is 15.5. The predicted molar refractivity (Wildman–Crippen MR) is 177 cm³/mol. The molecule has 0 saturated carbocycles. The van der Waals surface area contributed by atoms with E-state index in [1.807, 2.05) is 24.0 Å². The third-order valence-corrected chi connectivity index (χ3v) is 7.89. The summed E-state index contributed by atoms with van der Waals surface area (Å²) in [7, 11) is 3.57. The minimum Gasteiger partial charge on any atom is -0.491 e. The number of nitrogens with zero attached hydrogens (tertiary/aromatic N) is 2. The fourth-order valence-corrected chi connectivity index (χ4v) is 5.23. The van der Waals surface area contributed by atoms with Crippen molar-refractivity contribution in [2.24, 2.45) is 5.73 Å². The average Bonchev–Trinajstić information content (AvgIpc) is 3.04. The number of rotatable bonds is 14. The summed E-state index contributed by atoms with van der Waals surface area (Å²) in [4.78, 5) is 54.9. The van der Waals surface area contributed by atoms with Gasteiger partial charge in [0.1, 0.15) is 5.75 Å². The summed E-state index contributed by atoms with van der Waals surface area (Å²) < 4.78 is 11.4. The molecule has 0 atom stereocenters. The SMILES string of the molecule is COCc1cc(C(=O)Nc2ccc(C)cc2OCCCCCC(=O)N2CCN(C)CC2)ccc1C(=O)Nc1ccccc1C(N)=O. The molecule has 0 spiro atoms. The molecule has 244 valence electrons. The number of likely N-dealkylation sites (N-methyl/N-ethyl adjacent to an activating group) is 1. The Morgan fingerprint density at radius 2 is 1.57 bits per heavy atom. The van der Waals surface area contributed by atoms with Gasteiger partial charge in [-0.25, -0.2) is 0 Å². The highest BCUT2D eigenvalue weighted by atomic mass is 16.5. The van der Waals surface area contributed by atoms with Crippen LogP contribution in [-0.4, -0.2) is 80.4 Å². The van der Waals surface area contributed by atoms with Gasteiger partial charge in [-0.3, -0.25) is 19.2 Å². The fourth-order valence-electron chi connectivity index (χ4n) is 5.23. The molecule has 0 aliphatic carbocycles. The molecule has 1 saturated heterocycles. The first kappa shape index (κ1) is 34.1. The van der Waals surface area contributed by atoms with Crippen LogP contribution in [0.4, 0.5) is 11.4 Å². The first-order valence-corrected chi connectivity index (χ1v) is 15.5. The summed E-state index contributed by atoms with van der Waals surface area (Å²) in [6.45, 7) is 5.91. The van der Waals surface area contributed by atoms with Gasteiger partial charge >= 0.3 is 0 Å². The molecule has 1 aliphatic rings. The number of amides is 4. The number of hydrogen-bond donors (Lipinski definition) is 3. The van der Waals surface area contributed by atoms with E-state index in [1.54, 1.807) is 42.5 Å². The van der Waals surface area contributed by atoms with Crippen LogP contribution in [0.15, 0.2) is 60.7 Å². The van der Waals surface area contributed by atoms with Gasteiger partial charge in [-0.15, -0.1) is 0 Å². The topological polar surface area (TPSA) is 143 Å².